The topological polar surface area (TPSA) is 101 Å². The lowest BCUT2D eigenvalue weighted by molar-refractivity contribution is 0.0609. The highest BCUT2D eigenvalue weighted by molar-refractivity contribution is 7.29. The summed E-state index contributed by atoms with van der Waals surface area (Å²) in [5.41, 5.74) is 3.33. The Bertz CT molecular complexity index is 1670. The van der Waals surface area contributed by atoms with Gasteiger partial charge in [0.1, 0.15) is 10.0 Å². The maximum atomic E-state index is 13.3. The molecule has 2 atom stereocenters. The average molecular weight is 657 g/mol. The summed E-state index contributed by atoms with van der Waals surface area (Å²) in [5, 5.41) is 1.46. The molecule has 0 saturated carbocycles. The molecule has 2 aliphatic rings. The van der Waals surface area contributed by atoms with Crippen molar-refractivity contribution in [1.82, 2.24) is 19.8 Å². The van der Waals surface area contributed by atoms with Crippen molar-refractivity contribution in [3.8, 4) is 21.1 Å². The monoisotopic (exact) mass is 656 g/mol. The van der Waals surface area contributed by atoms with E-state index in [9.17, 15) is 19.2 Å². The van der Waals surface area contributed by atoms with Gasteiger partial charge in [-0.3, -0.25) is 29.0 Å². The third kappa shape index (κ3) is 5.93. The number of hydrogen-bond acceptors (Lipinski definition) is 8. The van der Waals surface area contributed by atoms with Gasteiger partial charge in [0, 0.05) is 24.2 Å². The third-order valence-electron chi connectivity index (χ3n) is 9.38. The number of benzene rings is 2. The Balaban J connectivity index is 1.20. The first kappa shape index (κ1) is 32.2. The van der Waals surface area contributed by atoms with E-state index >= 15 is 0 Å². The van der Waals surface area contributed by atoms with Gasteiger partial charge in [0.05, 0.1) is 22.3 Å². The molecule has 4 aromatic rings. The molecule has 6 rings (SSSR count). The second kappa shape index (κ2) is 13.5. The molecule has 46 heavy (non-hydrogen) atoms. The highest BCUT2D eigenvalue weighted by Gasteiger charge is 2.38. The third-order valence-corrected chi connectivity index (χ3v) is 11.5. The van der Waals surface area contributed by atoms with Crippen LogP contribution in [0.1, 0.15) is 120 Å². The van der Waals surface area contributed by atoms with Crippen molar-refractivity contribution >= 4 is 56.0 Å². The van der Waals surface area contributed by atoms with Crippen molar-refractivity contribution in [2.75, 3.05) is 13.1 Å². The molecule has 8 nitrogen and oxygen atoms in total. The fourth-order valence-electron chi connectivity index (χ4n) is 6.42. The number of nitrogens with zero attached hydrogens (tertiary/aromatic N) is 4. The molecule has 0 N–H and O–H groups in total. The van der Waals surface area contributed by atoms with Gasteiger partial charge in [-0.25, -0.2) is 9.97 Å². The van der Waals surface area contributed by atoms with Crippen molar-refractivity contribution in [2.45, 2.75) is 79.1 Å². The van der Waals surface area contributed by atoms with Crippen LogP contribution in [0.3, 0.4) is 0 Å². The summed E-state index contributed by atoms with van der Waals surface area (Å²) in [6.45, 7) is 9.43. The zero-order valence-corrected chi connectivity index (χ0v) is 28.6. The van der Waals surface area contributed by atoms with Gasteiger partial charge in [-0.15, -0.1) is 0 Å². The maximum Gasteiger partial charge on any atom is 0.261 e. The minimum atomic E-state index is -0.232. The van der Waals surface area contributed by atoms with Gasteiger partial charge in [-0.1, -0.05) is 101 Å². The first-order valence-electron chi connectivity index (χ1n) is 16.6. The van der Waals surface area contributed by atoms with Crippen molar-refractivity contribution in [3.63, 3.8) is 0 Å². The fourth-order valence-corrected chi connectivity index (χ4v) is 8.45. The van der Waals surface area contributed by atoms with E-state index in [-0.39, 0.29) is 23.6 Å². The lowest BCUT2D eigenvalue weighted by Gasteiger charge is -2.21. The van der Waals surface area contributed by atoms with Gasteiger partial charge in [-0.05, 0) is 48.9 Å². The summed E-state index contributed by atoms with van der Waals surface area (Å²) < 4.78 is 0. The number of imide groups is 2. The van der Waals surface area contributed by atoms with E-state index in [1.807, 2.05) is 12.1 Å². The van der Waals surface area contributed by atoms with E-state index in [0.29, 0.717) is 47.2 Å². The molecule has 10 heteroatoms. The molecular formula is C36H40N4O4S2. The summed E-state index contributed by atoms with van der Waals surface area (Å²) in [5.74, 6) is -0.283. The first-order valence-corrected chi connectivity index (χ1v) is 18.2. The molecule has 4 heterocycles. The Morgan fingerprint density at radius 1 is 0.587 bits per heavy atom. The van der Waals surface area contributed by atoms with Crippen molar-refractivity contribution in [1.29, 1.82) is 0 Å². The second-order valence-corrected chi connectivity index (χ2v) is 14.4. The van der Waals surface area contributed by atoms with Crippen molar-refractivity contribution in [3.05, 3.63) is 58.7 Å². The maximum absolute atomic E-state index is 13.3. The summed E-state index contributed by atoms with van der Waals surface area (Å²) in [6, 6.07) is 10.8. The second-order valence-electron chi connectivity index (χ2n) is 12.4. The Hall–Kier alpha value is -3.76. The predicted molar refractivity (Wildman–Crippen MR) is 184 cm³/mol. The fraction of sp³-hybridized carbons (Fsp3) is 0.444. The van der Waals surface area contributed by atoms with Gasteiger partial charge in [0.25, 0.3) is 23.6 Å². The van der Waals surface area contributed by atoms with E-state index in [2.05, 4.69) is 27.7 Å². The summed E-state index contributed by atoms with van der Waals surface area (Å²) in [6.07, 6.45) is 8.24. The molecule has 0 spiro atoms. The number of carbonyl (C=O) groups excluding carboxylic acids is 4. The average Bonchev–Trinajstić information content (AvgIpc) is 3.78. The van der Waals surface area contributed by atoms with Crippen LogP contribution in [0.15, 0.2) is 36.4 Å². The molecule has 2 unspecified atom stereocenters. The molecular weight excluding hydrogens is 617 g/mol. The summed E-state index contributed by atoms with van der Waals surface area (Å²) in [7, 11) is 0. The summed E-state index contributed by atoms with van der Waals surface area (Å²) in [4.78, 5) is 66.9. The first-order chi connectivity index (χ1) is 22.3. The van der Waals surface area contributed by atoms with Gasteiger partial charge in [-0.2, -0.15) is 0 Å². The molecule has 240 valence electrons. The van der Waals surface area contributed by atoms with Gasteiger partial charge >= 0.3 is 0 Å². The highest BCUT2D eigenvalue weighted by Crippen LogP contribution is 2.39. The molecule has 2 aromatic heterocycles. The molecule has 2 aliphatic heterocycles. The lowest BCUT2D eigenvalue weighted by atomic mass is 9.99. The number of thiazole rings is 2. The largest absolute Gasteiger partial charge is 0.274 e. The van der Waals surface area contributed by atoms with Crippen LogP contribution in [0.2, 0.25) is 0 Å². The standard InChI is InChI=1S/C36H40N4O4S2/c1-5-9-11-21(7-3)19-39-33(41)25-15-13-23(17-27(25)35(39)43)29-37-31-32(45-29)38-30(46-31)24-14-16-26-28(18-24)36(44)40(34(26)42)20-22(8-4)12-10-6-2/h13-18,21-22H,5-12,19-20H2,1-4H3. The van der Waals surface area contributed by atoms with E-state index in [1.165, 1.54) is 32.5 Å². The van der Waals surface area contributed by atoms with E-state index in [0.717, 1.165) is 82.2 Å². The van der Waals surface area contributed by atoms with Crippen LogP contribution < -0.4 is 0 Å². The van der Waals surface area contributed by atoms with Gasteiger partial charge < -0.3 is 0 Å². The Labute approximate surface area is 277 Å². The van der Waals surface area contributed by atoms with E-state index in [1.54, 1.807) is 24.3 Å². The number of unbranched alkanes of at least 4 members (excludes halogenated alkanes) is 2. The SMILES string of the molecule is CCCCC(CC)CN1C(=O)c2ccc(-c3nc4sc(-c5ccc6c(c5)C(=O)N(CC(CC)CCCC)C6=O)nc4s3)cc2C1=O. The zero-order valence-electron chi connectivity index (χ0n) is 26.9. The quantitative estimate of drug-likeness (QED) is 0.126. The van der Waals surface area contributed by atoms with Crippen LogP contribution in [-0.2, 0) is 0 Å². The molecule has 2 aromatic carbocycles. The van der Waals surface area contributed by atoms with Crippen molar-refractivity contribution in [2.24, 2.45) is 11.8 Å². The number of amides is 4. The van der Waals surface area contributed by atoms with Gasteiger partial charge in [0.15, 0.2) is 9.66 Å². The highest BCUT2D eigenvalue weighted by atomic mass is 32.1. The van der Waals surface area contributed by atoms with Crippen LogP contribution in [0.25, 0.3) is 30.8 Å². The number of hydrogen-bond donors (Lipinski definition) is 0. The minimum absolute atomic E-state index is 0.216. The van der Waals surface area contributed by atoms with Crippen LogP contribution in [0, 0.1) is 11.8 Å². The van der Waals surface area contributed by atoms with Crippen molar-refractivity contribution < 1.29 is 19.2 Å². The van der Waals surface area contributed by atoms with Crippen LogP contribution in [-0.4, -0.2) is 56.5 Å². The smallest absolute Gasteiger partial charge is 0.261 e. The number of carbonyl (C=O) groups is 4. The molecule has 0 bridgehead atoms. The Morgan fingerprint density at radius 2 is 0.978 bits per heavy atom. The number of rotatable bonds is 14. The Morgan fingerprint density at radius 3 is 1.35 bits per heavy atom. The van der Waals surface area contributed by atoms with Crippen LogP contribution >= 0.6 is 22.7 Å². The molecule has 0 aliphatic carbocycles. The van der Waals surface area contributed by atoms with E-state index < -0.39 is 0 Å². The molecule has 0 saturated heterocycles. The molecule has 4 amide bonds. The van der Waals surface area contributed by atoms with Gasteiger partial charge in [0.2, 0.25) is 0 Å². The van der Waals surface area contributed by atoms with Crippen LogP contribution in [0.5, 0.6) is 0 Å². The normalized spacial score (nSPS) is 15.7. The molecule has 0 fully saturated rings. The number of aromatic nitrogens is 2. The van der Waals surface area contributed by atoms with E-state index in [4.69, 9.17) is 9.97 Å². The number of fused-ring (bicyclic) bond motifs is 3. The summed E-state index contributed by atoms with van der Waals surface area (Å²) >= 11 is 2.86. The predicted octanol–water partition coefficient (Wildman–Crippen LogP) is 8.71. The van der Waals surface area contributed by atoms with Crippen LogP contribution in [0.4, 0.5) is 0 Å². The molecule has 0 radical (unpaired) electrons. The minimum Gasteiger partial charge on any atom is -0.274 e. The lowest BCUT2D eigenvalue weighted by Crippen LogP contribution is -2.34. The zero-order chi connectivity index (χ0) is 32.5. The Kier molecular flexibility index (Phi) is 9.47.